The van der Waals surface area contributed by atoms with E-state index < -0.39 is 11.0 Å². The minimum Gasteiger partial charge on any atom is -0.374 e. The maximum absolute atomic E-state index is 12.4. The number of rotatable bonds is 6. The molecule has 2 aromatic carbocycles. The maximum atomic E-state index is 12.4. The minimum absolute atomic E-state index is 0.0430. The van der Waals surface area contributed by atoms with Crippen molar-refractivity contribution in [3.05, 3.63) is 58.1 Å². The van der Waals surface area contributed by atoms with Crippen LogP contribution in [0.1, 0.15) is 19.4 Å². The topological polar surface area (TPSA) is 105 Å². The van der Waals surface area contributed by atoms with Crippen LogP contribution in [0.3, 0.4) is 0 Å². The molecule has 27 heavy (non-hydrogen) atoms. The van der Waals surface area contributed by atoms with Crippen molar-refractivity contribution >= 4 is 34.6 Å². The van der Waals surface area contributed by atoms with Gasteiger partial charge in [0.25, 0.3) is 5.69 Å². The number of nitrogens with zero attached hydrogens (tertiary/aromatic N) is 2. The van der Waals surface area contributed by atoms with Crippen molar-refractivity contribution in [1.29, 1.82) is 0 Å². The molecule has 0 spiro atoms. The summed E-state index contributed by atoms with van der Waals surface area (Å²) in [5, 5.41) is 16.8. The number of nitro benzene ring substituents is 1. The average Bonchev–Trinajstić information content (AvgIpc) is 2.63. The Bertz CT molecular complexity index is 865. The fraction of sp³-hybridized carbons (Fsp3) is 0.263. The van der Waals surface area contributed by atoms with E-state index in [4.69, 9.17) is 0 Å². The largest absolute Gasteiger partial charge is 0.374 e. The second kappa shape index (κ2) is 8.31. The molecule has 8 nitrogen and oxygen atoms in total. The Morgan fingerprint density at radius 1 is 1.15 bits per heavy atom. The van der Waals surface area contributed by atoms with Crippen molar-refractivity contribution in [2.45, 2.75) is 26.8 Å². The average molecular weight is 370 g/mol. The highest BCUT2D eigenvalue weighted by atomic mass is 16.6. The second-order valence-electron chi connectivity index (χ2n) is 6.19. The molecule has 0 bridgehead atoms. The molecule has 2 amide bonds. The van der Waals surface area contributed by atoms with Crippen LogP contribution in [0.4, 0.5) is 22.7 Å². The van der Waals surface area contributed by atoms with E-state index in [1.165, 1.54) is 24.0 Å². The molecule has 0 aliphatic heterocycles. The van der Waals surface area contributed by atoms with E-state index in [1.807, 2.05) is 0 Å². The van der Waals surface area contributed by atoms with E-state index in [2.05, 4.69) is 10.6 Å². The molecule has 0 heterocycles. The summed E-state index contributed by atoms with van der Waals surface area (Å²) in [4.78, 5) is 35.8. The molecule has 0 radical (unpaired) electrons. The Morgan fingerprint density at radius 3 is 2.33 bits per heavy atom. The number of benzene rings is 2. The van der Waals surface area contributed by atoms with Gasteiger partial charge in [-0.05, 0) is 44.2 Å². The number of hydrogen-bond donors (Lipinski definition) is 2. The van der Waals surface area contributed by atoms with Crippen LogP contribution in [0.15, 0.2) is 42.5 Å². The Hall–Kier alpha value is -3.42. The molecule has 1 atom stereocenters. The van der Waals surface area contributed by atoms with Gasteiger partial charge in [0.1, 0.15) is 6.04 Å². The van der Waals surface area contributed by atoms with E-state index in [0.29, 0.717) is 16.9 Å². The van der Waals surface area contributed by atoms with Crippen molar-refractivity contribution in [3.63, 3.8) is 0 Å². The number of hydrogen-bond acceptors (Lipinski definition) is 5. The van der Waals surface area contributed by atoms with Crippen molar-refractivity contribution in [1.82, 2.24) is 0 Å². The molecule has 2 N–H and O–H groups in total. The number of carbonyl (C=O) groups excluding carboxylic acids is 2. The number of nitro groups is 1. The SMILES string of the molecule is CC(=O)N(C)c1ccc(NC(C)C(=O)Nc2cccc([N+](=O)[O-])c2C)cc1. The molecule has 0 saturated heterocycles. The summed E-state index contributed by atoms with van der Waals surface area (Å²) in [6.45, 7) is 4.77. The Balaban J connectivity index is 2.05. The molecule has 1 unspecified atom stereocenters. The molecule has 0 aromatic heterocycles. The van der Waals surface area contributed by atoms with Crippen LogP contribution in [-0.2, 0) is 9.59 Å². The first-order valence-corrected chi connectivity index (χ1v) is 8.36. The smallest absolute Gasteiger partial charge is 0.274 e. The quantitative estimate of drug-likeness (QED) is 0.599. The summed E-state index contributed by atoms with van der Waals surface area (Å²) in [7, 11) is 1.68. The maximum Gasteiger partial charge on any atom is 0.274 e. The third-order valence-corrected chi connectivity index (χ3v) is 4.26. The summed E-state index contributed by atoms with van der Waals surface area (Å²) in [5.74, 6) is -0.390. The zero-order valence-corrected chi connectivity index (χ0v) is 15.6. The first kappa shape index (κ1) is 19.9. The fourth-order valence-corrected chi connectivity index (χ4v) is 2.48. The lowest BCUT2D eigenvalue weighted by Crippen LogP contribution is -2.32. The molecular weight excluding hydrogens is 348 g/mol. The number of amides is 2. The van der Waals surface area contributed by atoms with E-state index >= 15 is 0 Å². The Labute approximate surface area is 157 Å². The zero-order valence-electron chi connectivity index (χ0n) is 15.6. The second-order valence-corrected chi connectivity index (χ2v) is 6.19. The zero-order chi connectivity index (χ0) is 20.1. The van der Waals surface area contributed by atoms with Gasteiger partial charge in [-0.15, -0.1) is 0 Å². The van der Waals surface area contributed by atoms with Crippen LogP contribution in [0.5, 0.6) is 0 Å². The molecule has 0 aliphatic carbocycles. The van der Waals surface area contributed by atoms with Gasteiger partial charge in [-0.1, -0.05) is 6.07 Å². The van der Waals surface area contributed by atoms with Gasteiger partial charge in [-0.2, -0.15) is 0 Å². The third-order valence-electron chi connectivity index (χ3n) is 4.26. The third kappa shape index (κ3) is 4.81. The first-order valence-electron chi connectivity index (χ1n) is 8.36. The summed E-state index contributed by atoms with van der Waals surface area (Å²) < 4.78 is 0. The highest BCUT2D eigenvalue weighted by Gasteiger charge is 2.18. The van der Waals surface area contributed by atoms with Crippen molar-refractivity contribution in [3.8, 4) is 0 Å². The van der Waals surface area contributed by atoms with E-state index in [9.17, 15) is 19.7 Å². The van der Waals surface area contributed by atoms with Gasteiger partial charge < -0.3 is 15.5 Å². The van der Waals surface area contributed by atoms with Gasteiger partial charge in [-0.25, -0.2) is 0 Å². The summed E-state index contributed by atoms with van der Waals surface area (Å²) >= 11 is 0. The highest BCUT2D eigenvalue weighted by Crippen LogP contribution is 2.25. The van der Waals surface area contributed by atoms with Gasteiger partial charge in [0.15, 0.2) is 0 Å². The Morgan fingerprint density at radius 2 is 1.78 bits per heavy atom. The van der Waals surface area contributed by atoms with Crippen LogP contribution >= 0.6 is 0 Å². The van der Waals surface area contributed by atoms with Crippen LogP contribution in [0.2, 0.25) is 0 Å². The van der Waals surface area contributed by atoms with Crippen LogP contribution < -0.4 is 15.5 Å². The Kier molecular flexibility index (Phi) is 6.12. The number of carbonyl (C=O) groups is 2. The van der Waals surface area contributed by atoms with Crippen molar-refractivity contribution < 1.29 is 14.5 Å². The van der Waals surface area contributed by atoms with E-state index in [-0.39, 0.29) is 17.5 Å². The number of nitrogens with one attached hydrogen (secondary N) is 2. The van der Waals surface area contributed by atoms with E-state index in [0.717, 1.165) is 5.69 Å². The van der Waals surface area contributed by atoms with Gasteiger partial charge in [0, 0.05) is 31.4 Å². The highest BCUT2D eigenvalue weighted by molar-refractivity contribution is 5.97. The molecule has 142 valence electrons. The standard InChI is InChI=1S/C19H22N4O4/c1-12-17(6-5-7-18(12)23(26)27)21-19(25)13(2)20-15-8-10-16(11-9-15)22(4)14(3)24/h5-11,13,20H,1-4H3,(H,21,25). The van der Waals surface area contributed by atoms with Gasteiger partial charge >= 0.3 is 0 Å². The van der Waals surface area contributed by atoms with Crippen LogP contribution in [0, 0.1) is 17.0 Å². The van der Waals surface area contributed by atoms with Crippen molar-refractivity contribution in [2.75, 3.05) is 22.6 Å². The predicted octanol–water partition coefficient (Wildman–Crippen LogP) is 3.33. The van der Waals surface area contributed by atoms with Gasteiger partial charge in [0.2, 0.25) is 11.8 Å². The summed E-state index contributed by atoms with van der Waals surface area (Å²) in [6, 6.07) is 11.1. The van der Waals surface area contributed by atoms with Crippen molar-refractivity contribution in [2.24, 2.45) is 0 Å². The molecule has 0 fully saturated rings. The summed E-state index contributed by atoms with van der Waals surface area (Å²) in [5.41, 5.74) is 2.23. The first-order chi connectivity index (χ1) is 12.7. The van der Waals surface area contributed by atoms with Crippen LogP contribution in [0.25, 0.3) is 0 Å². The molecular formula is C19H22N4O4. The molecule has 0 aliphatic rings. The van der Waals surface area contributed by atoms with Gasteiger partial charge in [-0.3, -0.25) is 19.7 Å². The lowest BCUT2D eigenvalue weighted by Gasteiger charge is -2.18. The molecule has 8 heteroatoms. The molecule has 2 aromatic rings. The number of anilines is 3. The van der Waals surface area contributed by atoms with E-state index in [1.54, 1.807) is 51.2 Å². The van der Waals surface area contributed by atoms with Gasteiger partial charge in [0.05, 0.1) is 16.2 Å². The molecule has 2 rings (SSSR count). The fourth-order valence-electron chi connectivity index (χ4n) is 2.48. The molecule has 0 saturated carbocycles. The minimum atomic E-state index is -0.569. The monoisotopic (exact) mass is 370 g/mol. The predicted molar refractivity (Wildman–Crippen MR) is 105 cm³/mol. The summed E-state index contributed by atoms with van der Waals surface area (Å²) in [6.07, 6.45) is 0. The lowest BCUT2D eigenvalue weighted by molar-refractivity contribution is -0.385. The lowest BCUT2D eigenvalue weighted by atomic mass is 10.1. The van der Waals surface area contributed by atoms with Crippen LogP contribution in [-0.4, -0.2) is 29.8 Å². The normalized spacial score (nSPS) is 11.4.